The van der Waals surface area contributed by atoms with Crippen LogP contribution in [0.2, 0.25) is 10.0 Å². The Labute approximate surface area is 131 Å². The third kappa shape index (κ3) is 3.35. The lowest BCUT2D eigenvalue weighted by Gasteiger charge is -2.10. The Kier molecular flexibility index (Phi) is 4.50. The average molecular weight is 324 g/mol. The van der Waals surface area contributed by atoms with Crippen LogP contribution in [0, 0.1) is 6.92 Å². The molecule has 0 aliphatic carbocycles. The van der Waals surface area contributed by atoms with Crippen LogP contribution < -0.4 is 5.32 Å². The van der Waals surface area contributed by atoms with Gasteiger partial charge in [0.1, 0.15) is 5.56 Å². The maximum absolute atomic E-state index is 12.2. The molecule has 0 bridgehead atoms. The summed E-state index contributed by atoms with van der Waals surface area (Å²) >= 11 is 11.9. The van der Waals surface area contributed by atoms with Crippen molar-refractivity contribution in [2.24, 2.45) is 0 Å². The second kappa shape index (κ2) is 6.16. The fourth-order valence-electron chi connectivity index (χ4n) is 1.84. The van der Waals surface area contributed by atoms with E-state index in [0.29, 0.717) is 5.02 Å². The second-order valence-corrected chi connectivity index (χ2v) is 5.22. The van der Waals surface area contributed by atoms with E-state index in [9.17, 15) is 9.59 Å². The fourth-order valence-corrected chi connectivity index (χ4v) is 2.42. The summed E-state index contributed by atoms with van der Waals surface area (Å²) in [5, 5.41) is 12.0. The lowest BCUT2D eigenvalue weighted by Crippen LogP contribution is -2.15. The van der Waals surface area contributed by atoms with Gasteiger partial charge in [0.2, 0.25) is 0 Å². The van der Waals surface area contributed by atoms with Crippen LogP contribution in [0.4, 0.5) is 5.69 Å². The van der Waals surface area contributed by atoms with E-state index in [1.165, 1.54) is 12.1 Å². The highest BCUT2D eigenvalue weighted by Crippen LogP contribution is 2.26. The number of nitrogens with one attached hydrogen (secondary N) is 1. The lowest BCUT2D eigenvalue weighted by molar-refractivity contribution is 0.0698. The summed E-state index contributed by atoms with van der Waals surface area (Å²) in [4.78, 5) is 23.4. The van der Waals surface area contributed by atoms with Crippen molar-refractivity contribution in [3.8, 4) is 0 Å². The number of anilines is 1. The van der Waals surface area contributed by atoms with Gasteiger partial charge in [0.25, 0.3) is 5.91 Å². The van der Waals surface area contributed by atoms with E-state index in [2.05, 4.69) is 5.32 Å². The maximum Gasteiger partial charge on any atom is 0.339 e. The molecule has 0 fully saturated rings. The summed E-state index contributed by atoms with van der Waals surface area (Å²) in [6.45, 7) is 1.85. The zero-order valence-corrected chi connectivity index (χ0v) is 12.5. The molecule has 0 aliphatic heterocycles. The van der Waals surface area contributed by atoms with Gasteiger partial charge in [-0.25, -0.2) is 4.79 Å². The Balaban J connectivity index is 2.36. The predicted molar refractivity (Wildman–Crippen MR) is 82.6 cm³/mol. The van der Waals surface area contributed by atoms with Gasteiger partial charge >= 0.3 is 5.97 Å². The molecular weight excluding hydrogens is 313 g/mol. The van der Waals surface area contributed by atoms with Crippen LogP contribution in [0.15, 0.2) is 36.4 Å². The van der Waals surface area contributed by atoms with Gasteiger partial charge in [0.15, 0.2) is 0 Å². The molecule has 0 atom stereocenters. The van der Waals surface area contributed by atoms with E-state index in [1.807, 2.05) is 6.92 Å². The molecule has 2 aromatic rings. The van der Waals surface area contributed by atoms with Crippen LogP contribution in [0.1, 0.15) is 26.3 Å². The number of carboxylic acid groups (broad SMARTS) is 1. The number of benzene rings is 2. The molecular formula is C15H11Cl2NO3. The van der Waals surface area contributed by atoms with Gasteiger partial charge in [-0.3, -0.25) is 4.79 Å². The van der Waals surface area contributed by atoms with E-state index in [1.54, 1.807) is 24.3 Å². The molecule has 0 saturated carbocycles. The first kappa shape index (κ1) is 15.4. The van der Waals surface area contributed by atoms with Crippen molar-refractivity contribution in [3.05, 3.63) is 63.1 Å². The normalized spacial score (nSPS) is 10.2. The summed E-state index contributed by atoms with van der Waals surface area (Å²) in [6.07, 6.45) is 0. The first-order valence-electron chi connectivity index (χ1n) is 5.99. The molecule has 0 spiro atoms. The van der Waals surface area contributed by atoms with Crippen LogP contribution >= 0.6 is 23.2 Å². The zero-order valence-electron chi connectivity index (χ0n) is 11.0. The zero-order chi connectivity index (χ0) is 15.6. The van der Waals surface area contributed by atoms with Crippen LogP contribution in [-0.2, 0) is 0 Å². The SMILES string of the molecule is Cc1ccc(C(=O)Nc2cccc(Cl)c2C(=O)O)c(Cl)c1. The third-order valence-electron chi connectivity index (χ3n) is 2.84. The monoisotopic (exact) mass is 323 g/mol. The minimum atomic E-state index is -1.22. The molecule has 2 N–H and O–H groups in total. The smallest absolute Gasteiger partial charge is 0.339 e. The predicted octanol–water partition coefficient (Wildman–Crippen LogP) is 4.25. The molecule has 0 aliphatic rings. The van der Waals surface area contributed by atoms with Crippen molar-refractivity contribution in [1.82, 2.24) is 0 Å². The first-order valence-corrected chi connectivity index (χ1v) is 6.75. The third-order valence-corrected chi connectivity index (χ3v) is 3.47. The molecule has 2 aromatic carbocycles. The van der Waals surface area contributed by atoms with Crippen LogP contribution in [0.5, 0.6) is 0 Å². The minimum Gasteiger partial charge on any atom is -0.478 e. The fraction of sp³-hybridized carbons (Fsp3) is 0.0667. The van der Waals surface area contributed by atoms with Gasteiger partial charge in [0, 0.05) is 0 Å². The summed E-state index contributed by atoms with van der Waals surface area (Å²) in [6, 6.07) is 9.46. The number of aryl methyl sites for hydroxylation is 1. The van der Waals surface area contributed by atoms with E-state index in [0.717, 1.165) is 5.56 Å². The molecule has 6 heteroatoms. The van der Waals surface area contributed by atoms with Crippen molar-refractivity contribution in [3.63, 3.8) is 0 Å². The molecule has 0 heterocycles. The van der Waals surface area contributed by atoms with E-state index in [-0.39, 0.29) is 21.8 Å². The number of carbonyl (C=O) groups excluding carboxylic acids is 1. The molecule has 0 aromatic heterocycles. The topological polar surface area (TPSA) is 66.4 Å². The van der Waals surface area contributed by atoms with Gasteiger partial charge in [-0.05, 0) is 36.8 Å². The van der Waals surface area contributed by atoms with Crippen molar-refractivity contribution in [2.75, 3.05) is 5.32 Å². The van der Waals surface area contributed by atoms with E-state index >= 15 is 0 Å². The Morgan fingerprint density at radius 2 is 1.81 bits per heavy atom. The maximum atomic E-state index is 12.2. The number of hydrogen-bond acceptors (Lipinski definition) is 2. The highest BCUT2D eigenvalue weighted by atomic mass is 35.5. The molecule has 2 rings (SSSR count). The summed E-state index contributed by atoms with van der Waals surface area (Å²) in [7, 11) is 0. The number of carbonyl (C=O) groups is 2. The van der Waals surface area contributed by atoms with Crippen LogP contribution in [-0.4, -0.2) is 17.0 Å². The van der Waals surface area contributed by atoms with Crippen molar-refractivity contribution >= 4 is 40.8 Å². The van der Waals surface area contributed by atoms with Gasteiger partial charge in [-0.1, -0.05) is 35.3 Å². The molecule has 0 unspecified atom stereocenters. The van der Waals surface area contributed by atoms with Crippen LogP contribution in [0.25, 0.3) is 0 Å². The summed E-state index contributed by atoms with van der Waals surface area (Å²) in [5.41, 5.74) is 1.15. The van der Waals surface area contributed by atoms with E-state index < -0.39 is 11.9 Å². The molecule has 108 valence electrons. The van der Waals surface area contributed by atoms with Gasteiger partial charge < -0.3 is 10.4 Å². The van der Waals surface area contributed by atoms with Gasteiger partial charge in [-0.2, -0.15) is 0 Å². The van der Waals surface area contributed by atoms with Crippen molar-refractivity contribution < 1.29 is 14.7 Å². The van der Waals surface area contributed by atoms with Gasteiger partial charge in [0.05, 0.1) is 21.3 Å². The number of carboxylic acids is 1. The minimum absolute atomic E-state index is 0.0512. The molecule has 21 heavy (non-hydrogen) atoms. The molecule has 0 saturated heterocycles. The van der Waals surface area contributed by atoms with E-state index in [4.69, 9.17) is 28.3 Å². The number of halogens is 2. The quantitative estimate of drug-likeness (QED) is 0.887. The Morgan fingerprint density at radius 1 is 1.10 bits per heavy atom. The van der Waals surface area contributed by atoms with Crippen LogP contribution in [0.3, 0.4) is 0 Å². The average Bonchev–Trinajstić information content (AvgIpc) is 2.37. The molecule has 1 amide bonds. The number of aromatic carboxylic acids is 1. The number of amides is 1. The number of rotatable bonds is 3. The standard InChI is InChI=1S/C15H11Cl2NO3/c1-8-5-6-9(11(17)7-8)14(19)18-12-4-2-3-10(16)13(12)15(20)21/h2-7H,1H3,(H,18,19)(H,20,21). The molecule has 0 radical (unpaired) electrons. The summed E-state index contributed by atoms with van der Waals surface area (Å²) in [5.74, 6) is -1.71. The Hall–Kier alpha value is -2.04. The summed E-state index contributed by atoms with van der Waals surface area (Å²) < 4.78 is 0. The first-order chi connectivity index (χ1) is 9.90. The van der Waals surface area contributed by atoms with Crippen molar-refractivity contribution in [2.45, 2.75) is 6.92 Å². The van der Waals surface area contributed by atoms with Crippen molar-refractivity contribution in [1.29, 1.82) is 0 Å². The Morgan fingerprint density at radius 3 is 2.43 bits per heavy atom. The second-order valence-electron chi connectivity index (χ2n) is 4.40. The highest BCUT2D eigenvalue weighted by molar-refractivity contribution is 6.35. The lowest BCUT2D eigenvalue weighted by atomic mass is 10.1. The highest BCUT2D eigenvalue weighted by Gasteiger charge is 2.18. The largest absolute Gasteiger partial charge is 0.478 e. The molecule has 4 nitrogen and oxygen atoms in total. The van der Waals surface area contributed by atoms with Gasteiger partial charge in [-0.15, -0.1) is 0 Å². The Bertz CT molecular complexity index is 729. The number of hydrogen-bond donors (Lipinski definition) is 2.